The second kappa shape index (κ2) is 4.41. The van der Waals surface area contributed by atoms with Crippen LogP contribution in [0.15, 0.2) is 16.7 Å². The maximum atomic E-state index is 5.65. The predicted octanol–water partition coefficient (Wildman–Crippen LogP) is 3.05. The van der Waals surface area contributed by atoms with Gasteiger partial charge in [-0.05, 0) is 47.0 Å². The molecule has 5 heteroatoms. The Bertz CT molecular complexity index is 563. The average molecular weight is 296 g/mol. The molecule has 3 N–H and O–H groups in total. The number of nitrogens with zero attached hydrogens (tertiary/aromatic N) is 1. The van der Waals surface area contributed by atoms with Crippen molar-refractivity contribution in [3.05, 3.63) is 27.9 Å². The smallest absolute Gasteiger partial charge is 0.198 e. The van der Waals surface area contributed by atoms with E-state index in [1.165, 1.54) is 0 Å². The predicted molar refractivity (Wildman–Crippen MR) is 72.2 cm³/mol. The van der Waals surface area contributed by atoms with Crippen LogP contribution in [0.3, 0.4) is 0 Å². The molecule has 0 amide bonds. The molecule has 0 aliphatic heterocycles. The van der Waals surface area contributed by atoms with Gasteiger partial charge in [0.2, 0.25) is 0 Å². The summed E-state index contributed by atoms with van der Waals surface area (Å²) < 4.78 is 6.20. The SMILES string of the molecule is COc1c(C)cc(C)cc1-c1nc(N)[nH]c1Br. The van der Waals surface area contributed by atoms with Gasteiger partial charge in [-0.2, -0.15) is 0 Å². The molecule has 1 heterocycles. The Kier molecular flexibility index (Phi) is 3.11. The summed E-state index contributed by atoms with van der Waals surface area (Å²) in [5.41, 5.74) is 9.59. The van der Waals surface area contributed by atoms with Crippen LogP contribution in [-0.4, -0.2) is 17.1 Å². The highest BCUT2D eigenvalue weighted by molar-refractivity contribution is 9.10. The maximum Gasteiger partial charge on any atom is 0.198 e. The lowest BCUT2D eigenvalue weighted by Gasteiger charge is -2.11. The summed E-state index contributed by atoms with van der Waals surface area (Å²) in [5.74, 6) is 1.20. The van der Waals surface area contributed by atoms with Crippen molar-refractivity contribution in [3.8, 4) is 17.0 Å². The van der Waals surface area contributed by atoms with E-state index in [4.69, 9.17) is 10.5 Å². The van der Waals surface area contributed by atoms with Crippen LogP contribution >= 0.6 is 15.9 Å². The van der Waals surface area contributed by atoms with Crippen LogP contribution in [0.5, 0.6) is 5.75 Å². The van der Waals surface area contributed by atoms with Crippen LogP contribution in [0.25, 0.3) is 11.3 Å². The van der Waals surface area contributed by atoms with Crippen LogP contribution < -0.4 is 10.5 Å². The molecule has 17 heavy (non-hydrogen) atoms. The van der Waals surface area contributed by atoms with Gasteiger partial charge in [-0.25, -0.2) is 4.98 Å². The number of rotatable bonds is 2. The fraction of sp³-hybridized carbons (Fsp3) is 0.250. The minimum atomic E-state index is 0.382. The monoisotopic (exact) mass is 295 g/mol. The highest BCUT2D eigenvalue weighted by atomic mass is 79.9. The Morgan fingerprint density at radius 2 is 2.06 bits per heavy atom. The number of hydrogen-bond donors (Lipinski definition) is 2. The van der Waals surface area contributed by atoms with E-state index >= 15 is 0 Å². The number of aromatic amines is 1. The molecule has 2 aromatic rings. The van der Waals surface area contributed by atoms with E-state index in [0.29, 0.717) is 5.95 Å². The first-order valence-corrected chi connectivity index (χ1v) is 5.98. The second-order valence-corrected chi connectivity index (χ2v) is 4.74. The third-order valence-electron chi connectivity index (χ3n) is 2.56. The van der Waals surface area contributed by atoms with Crippen molar-refractivity contribution >= 4 is 21.9 Å². The van der Waals surface area contributed by atoms with Crippen molar-refractivity contribution in [2.75, 3.05) is 12.8 Å². The number of benzene rings is 1. The molecule has 0 radical (unpaired) electrons. The van der Waals surface area contributed by atoms with Gasteiger partial charge in [-0.3, -0.25) is 0 Å². The minimum absolute atomic E-state index is 0.382. The molecule has 0 saturated heterocycles. The lowest BCUT2D eigenvalue weighted by Crippen LogP contribution is -1.93. The lowest BCUT2D eigenvalue weighted by atomic mass is 10.0. The van der Waals surface area contributed by atoms with Gasteiger partial charge in [0.15, 0.2) is 5.95 Å². The van der Waals surface area contributed by atoms with E-state index in [0.717, 1.165) is 32.7 Å². The first-order valence-electron chi connectivity index (χ1n) is 5.19. The lowest BCUT2D eigenvalue weighted by molar-refractivity contribution is 0.413. The molecule has 0 atom stereocenters. The van der Waals surface area contributed by atoms with Gasteiger partial charge in [0.05, 0.1) is 7.11 Å². The Hall–Kier alpha value is -1.49. The zero-order valence-corrected chi connectivity index (χ0v) is 11.6. The Morgan fingerprint density at radius 3 is 2.59 bits per heavy atom. The molecule has 0 spiro atoms. The number of anilines is 1. The molecule has 2 rings (SSSR count). The molecule has 0 saturated carbocycles. The van der Waals surface area contributed by atoms with E-state index in [1.807, 2.05) is 19.9 Å². The van der Waals surface area contributed by atoms with Crippen LogP contribution in [0.1, 0.15) is 11.1 Å². The molecule has 0 unspecified atom stereocenters. The van der Waals surface area contributed by atoms with Crippen molar-refractivity contribution in [2.45, 2.75) is 13.8 Å². The molecule has 4 nitrogen and oxygen atoms in total. The van der Waals surface area contributed by atoms with E-state index in [1.54, 1.807) is 7.11 Å². The number of halogens is 1. The van der Waals surface area contributed by atoms with Crippen LogP contribution in [0.2, 0.25) is 0 Å². The number of ether oxygens (including phenoxy) is 1. The molecule has 1 aromatic carbocycles. The van der Waals surface area contributed by atoms with E-state index < -0.39 is 0 Å². The largest absolute Gasteiger partial charge is 0.496 e. The summed E-state index contributed by atoms with van der Waals surface area (Å²) in [7, 11) is 1.66. The quantitative estimate of drug-likeness (QED) is 0.895. The summed E-state index contributed by atoms with van der Waals surface area (Å²) in [6.07, 6.45) is 0. The third kappa shape index (κ3) is 2.15. The van der Waals surface area contributed by atoms with Crippen LogP contribution in [-0.2, 0) is 0 Å². The number of nitrogens with one attached hydrogen (secondary N) is 1. The van der Waals surface area contributed by atoms with Crippen LogP contribution in [0, 0.1) is 13.8 Å². The number of methoxy groups -OCH3 is 1. The zero-order valence-electron chi connectivity index (χ0n) is 9.97. The number of aryl methyl sites for hydroxylation is 2. The highest BCUT2D eigenvalue weighted by Gasteiger charge is 2.15. The standard InChI is InChI=1S/C12H14BrN3O/c1-6-4-7(2)10(17-3)8(5-6)9-11(13)16-12(14)15-9/h4-5H,1-3H3,(H3,14,15,16). The summed E-state index contributed by atoms with van der Waals surface area (Å²) in [6, 6.07) is 4.11. The Balaban J connectivity index is 2.69. The fourth-order valence-electron chi connectivity index (χ4n) is 1.95. The Morgan fingerprint density at radius 1 is 1.35 bits per heavy atom. The number of H-pyrrole nitrogens is 1. The van der Waals surface area contributed by atoms with Gasteiger partial charge >= 0.3 is 0 Å². The van der Waals surface area contributed by atoms with E-state index in [9.17, 15) is 0 Å². The number of hydrogen-bond acceptors (Lipinski definition) is 3. The average Bonchev–Trinajstić information content (AvgIpc) is 2.56. The normalized spacial score (nSPS) is 10.6. The van der Waals surface area contributed by atoms with Crippen molar-refractivity contribution in [3.63, 3.8) is 0 Å². The molecular weight excluding hydrogens is 282 g/mol. The first-order chi connectivity index (χ1) is 8.02. The summed E-state index contributed by atoms with van der Waals surface area (Å²) in [5, 5.41) is 0. The van der Waals surface area contributed by atoms with E-state index in [2.05, 4.69) is 32.0 Å². The molecule has 0 aliphatic carbocycles. The number of imidazole rings is 1. The van der Waals surface area contributed by atoms with Gasteiger partial charge in [-0.15, -0.1) is 0 Å². The molecule has 0 aliphatic rings. The van der Waals surface area contributed by atoms with Crippen molar-refractivity contribution in [1.82, 2.24) is 9.97 Å². The van der Waals surface area contributed by atoms with Gasteiger partial charge in [0, 0.05) is 5.56 Å². The van der Waals surface area contributed by atoms with Crippen LogP contribution in [0.4, 0.5) is 5.95 Å². The molecular formula is C12H14BrN3O. The molecule has 0 bridgehead atoms. The molecule has 1 aromatic heterocycles. The Labute approximate surface area is 108 Å². The van der Waals surface area contributed by atoms with Crippen molar-refractivity contribution in [1.29, 1.82) is 0 Å². The number of nitrogen functional groups attached to an aromatic ring is 1. The maximum absolute atomic E-state index is 5.65. The fourth-order valence-corrected chi connectivity index (χ4v) is 2.45. The topological polar surface area (TPSA) is 63.9 Å². The van der Waals surface area contributed by atoms with E-state index in [-0.39, 0.29) is 0 Å². The third-order valence-corrected chi connectivity index (χ3v) is 3.13. The summed E-state index contributed by atoms with van der Waals surface area (Å²) in [4.78, 5) is 7.19. The molecule has 0 fully saturated rings. The van der Waals surface area contributed by atoms with Crippen molar-refractivity contribution < 1.29 is 4.74 Å². The number of nitrogens with two attached hydrogens (primary N) is 1. The zero-order chi connectivity index (χ0) is 12.6. The van der Waals surface area contributed by atoms with Gasteiger partial charge < -0.3 is 15.5 Å². The highest BCUT2D eigenvalue weighted by Crippen LogP contribution is 2.36. The number of aromatic nitrogens is 2. The summed E-state index contributed by atoms with van der Waals surface area (Å²) in [6.45, 7) is 4.05. The minimum Gasteiger partial charge on any atom is -0.496 e. The van der Waals surface area contributed by atoms with Gasteiger partial charge in [0.1, 0.15) is 16.0 Å². The molecule has 90 valence electrons. The first kappa shape index (κ1) is 12.0. The van der Waals surface area contributed by atoms with Crippen molar-refractivity contribution in [2.24, 2.45) is 0 Å². The second-order valence-electron chi connectivity index (χ2n) is 3.95. The van der Waals surface area contributed by atoms with Gasteiger partial charge in [-0.1, -0.05) is 6.07 Å². The summed E-state index contributed by atoms with van der Waals surface area (Å²) >= 11 is 3.41. The van der Waals surface area contributed by atoms with Gasteiger partial charge in [0.25, 0.3) is 0 Å².